The lowest BCUT2D eigenvalue weighted by atomic mass is 10.1. The molecule has 1 heterocycles. The molecule has 0 unspecified atom stereocenters. The summed E-state index contributed by atoms with van der Waals surface area (Å²) >= 11 is 0. The van der Waals surface area contributed by atoms with Gasteiger partial charge < -0.3 is 9.84 Å². The van der Waals surface area contributed by atoms with Crippen LogP contribution in [-0.4, -0.2) is 33.4 Å². The first-order valence-corrected chi connectivity index (χ1v) is 9.68. The molecule has 0 spiro atoms. The van der Waals surface area contributed by atoms with Crippen LogP contribution in [0.5, 0.6) is 5.75 Å². The van der Waals surface area contributed by atoms with Crippen molar-refractivity contribution < 1.29 is 50.2 Å². The molecule has 15 heteroatoms. The maximum absolute atomic E-state index is 13.9. The molecular weight excluding hydrogens is 519 g/mol. The Morgan fingerprint density at radius 2 is 1.62 bits per heavy atom. The zero-order chi connectivity index (χ0) is 27.7. The van der Waals surface area contributed by atoms with Crippen LogP contribution < -0.4 is 15.3 Å². The molecule has 0 atom stereocenters. The van der Waals surface area contributed by atoms with Crippen molar-refractivity contribution in [2.24, 2.45) is 0 Å². The van der Waals surface area contributed by atoms with Crippen LogP contribution in [0.25, 0.3) is 5.69 Å². The second-order valence-corrected chi connectivity index (χ2v) is 7.13. The van der Waals surface area contributed by atoms with E-state index in [4.69, 9.17) is 9.84 Å². The largest absolute Gasteiger partial charge is 0.472 e. The van der Waals surface area contributed by atoms with Gasteiger partial charge in [-0.2, -0.15) is 26.3 Å². The highest BCUT2D eigenvalue weighted by molar-refractivity contribution is 5.89. The number of aromatic nitrogens is 2. The summed E-state index contributed by atoms with van der Waals surface area (Å²) in [4.78, 5) is 36.5. The molecule has 2 aromatic carbocycles. The van der Waals surface area contributed by atoms with Gasteiger partial charge in [0.2, 0.25) is 0 Å². The summed E-state index contributed by atoms with van der Waals surface area (Å²) in [6, 6.07) is 5.73. The minimum atomic E-state index is -5.49. The average molecular weight is 531 g/mol. The second kappa shape index (κ2) is 9.72. The van der Waals surface area contributed by atoms with E-state index in [9.17, 15) is 45.1 Å². The number of amides is 1. The van der Waals surface area contributed by atoms with Crippen LogP contribution in [0.4, 0.5) is 41.2 Å². The number of carbonyl (C=O) groups is 2. The quantitative estimate of drug-likeness (QED) is 0.401. The molecule has 0 saturated carbocycles. The number of halogens is 7. The Labute approximate surface area is 201 Å². The Bertz CT molecular complexity index is 1480. The number of ether oxygens (including phenoxy) is 1. The van der Waals surface area contributed by atoms with Gasteiger partial charge in [0.1, 0.15) is 11.4 Å². The average Bonchev–Trinajstić information content (AvgIpc) is 3.16. The molecule has 8 nitrogen and oxygen atoms in total. The highest BCUT2D eigenvalue weighted by Gasteiger charge is 2.42. The fourth-order valence-corrected chi connectivity index (χ4v) is 2.95. The van der Waals surface area contributed by atoms with Crippen molar-refractivity contribution in [2.45, 2.75) is 12.4 Å². The topological polar surface area (TPSA) is 93.8 Å². The van der Waals surface area contributed by atoms with Crippen LogP contribution in [0.15, 0.2) is 53.6 Å². The van der Waals surface area contributed by atoms with E-state index in [1.54, 1.807) is 5.92 Å². The molecule has 0 saturated heterocycles. The highest BCUT2D eigenvalue weighted by atomic mass is 19.4. The Morgan fingerprint density at radius 3 is 2.16 bits per heavy atom. The number of nitrogens with zero attached hydrogens (tertiary/aromatic N) is 3. The van der Waals surface area contributed by atoms with Crippen LogP contribution >= 0.6 is 0 Å². The summed E-state index contributed by atoms with van der Waals surface area (Å²) in [7, 11) is 1.04. The van der Waals surface area contributed by atoms with Crippen molar-refractivity contribution in [3.8, 4) is 23.4 Å². The Hall–Kier alpha value is -4.74. The molecule has 0 fully saturated rings. The third kappa shape index (κ3) is 5.92. The lowest BCUT2D eigenvalue weighted by Crippen LogP contribution is -2.31. The van der Waals surface area contributed by atoms with E-state index in [0.717, 1.165) is 37.5 Å². The zero-order valence-electron chi connectivity index (χ0n) is 18.2. The second-order valence-electron chi connectivity index (χ2n) is 7.13. The maximum Gasteiger partial charge on any atom is 0.420 e. The van der Waals surface area contributed by atoms with Crippen molar-refractivity contribution in [2.75, 3.05) is 11.9 Å². The monoisotopic (exact) mass is 531 g/mol. The van der Waals surface area contributed by atoms with E-state index in [-0.39, 0.29) is 22.4 Å². The predicted molar refractivity (Wildman–Crippen MR) is 112 cm³/mol. The SMILES string of the molecule is CN(C(=O)Oc1c(-n2ccn(C#CC(=O)O)c2=O)cc(C(F)(F)F)cc1C(F)(F)F)c1ccc(F)cc1. The van der Waals surface area contributed by atoms with Crippen molar-refractivity contribution >= 4 is 17.7 Å². The molecule has 194 valence electrons. The van der Waals surface area contributed by atoms with Gasteiger partial charge in [0.15, 0.2) is 5.75 Å². The fourth-order valence-electron chi connectivity index (χ4n) is 2.95. The van der Waals surface area contributed by atoms with E-state index < -0.39 is 58.5 Å². The third-order valence-corrected chi connectivity index (χ3v) is 4.70. The van der Waals surface area contributed by atoms with Crippen molar-refractivity contribution in [3.05, 3.63) is 76.2 Å². The number of carboxylic acid groups (broad SMARTS) is 1. The van der Waals surface area contributed by atoms with Gasteiger partial charge in [-0.05, 0) is 36.4 Å². The van der Waals surface area contributed by atoms with Gasteiger partial charge in [-0.25, -0.2) is 23.3 Å². The van der Waals surface area contributed by atoms with Crippen LogP contribution in [0.2, 0.25) is 0 Å². The van der Waals surface area contributed by atoms with E-state index in [1.807, 2.05) is 6.04 Å². The summed E-state index contributed by atoms with van der Waals surface area (Å²) in [6.45, 7) is 0. The number of imidazole rings is 1. The number of anilines is 1. The molecule has 0 radical (unpaired) electrons. The molecule has 3 aromatic rings. The fraction of sp³-hybridized carbons (Fsp3) is 0.136. The summed E-state index contributed by atoms with van der Waals surface area (Å²) in [6.07, 6.45) is -10.8. The van der Waals surface area contributed by atoms with E-state index in [1.165, 1.54) is 0 Å². The Morgan fingerprint density at radius 1 is 1.00 bits per heavy atom. The lowest BCUT2D eigenvalue weighted by Gasteiger charge is -2.22. The molecule has 0 aliphatic heterocycles. The predicted octanol–water partition coefficient (Wildman–Crippen LogP) is 4.34. The van der Waals surface area contributed by atoms with Crippen molar-refractivity contribution in [3.63, 3.8) is 0 Å². The molecular formula is C22H12F7N3O5. The van der Waals surface area contributed by atoms with Gasteiger partial charge in [0.25, 0.3) is 0 Å². The zero-order valence-corrected chi connectivity index (χ0v) is 18.2. The highest BCUT2D eigenvalue weighted by Crippen LogP contribution is 2.44. The van der Waals surface area contributed by atoms with Gasteiger partial charge in [-0.15, -0.1) is 0 Å². The molecule has 3 rings (SSSR count). The summed E-state index contributed by atoms with van der Waals surface area (Å²) < 4.78 is 101. The first-order valence-electron chi connectivity index (χ1n) is 9.68. The number of hydrogen-bond acceptors (Lipinski definition) is 4. The van der Waals surface area contributed by atoms with Gasteiger partial charge in [0, 0.05) is 37.1 Å². The smallest absolute Gasteiger partial charge is 0.420 e. The molecule has 1 amide bonds. The number of benzene rings is 2. The number of alkyl halides is 6. The number of aliphatic carboxylic acids is 1. The molecule has 1 N–H and O–H groups in total. The summed E-state index contributed by atoms with van der Waals surface area (Å²) in [5.74, 6) is -2.25. The van der Waals surface area contributed by atoms with Gasteiger partial charge in [0.05, 0.1) is 11.3 Å². The van der Waals surface area contributed by atoms with Crippen LogP contribution in [0.3, 0.4) is 0 Å². The van der Waals surface area contributed by atoms with Gasteiger partial charge in [-0.3, -0.25) is 9.47 Å². The number of rotatable bonds is 3. The first kappa shape index (κ1) is 26.9. The van der Waals surface area contributed by atoms with Gasteiger partial charge in [-0.1, -0.05) is 0 Å². The minimum absolute atomic E-state index is 0.0410. The van der Waals surface area contributed by atoms with E-state index in [2.05, 4.69) is 0 Å². The van der Waals surface area contributed by atoms with Crippen molar-refractivity contribution in [1.29, 1.82) is 0 Å². The summed E-state index contributed by atoms with van der Waals surface area (Å²) in [5.41, 5.74) is -6.39. The van der Waals surface area contributed by atoms with E-state index in [0.29, 0.717) is 15.7 Å². The Balaban J connectivity index is 2.24. The van der Waals surface area contributed by atoms with Crippen LogP contribution in [0.1, 0.15) is 11.1 Å². The molecule has 1 aromatic heterocycles. The minimum Gasteiger partial charge on any atom is -0.472 e. The molecule has 0 aliphatic carbocycles. The van der Waals surface area contributed by atoms with Gasteiger partial charge >= 0.3 is 30.1 Å². The standard InChI is InChI=1S/C22H12F7N3O5/c1-30(14-4-2-13(23)3-5-14)20(36)37-18-15(22(27,28)29)10-12(21(24,25)26)11-16(18)32-9-8-31(19(32)35)7-6-17(33)34/h2-5,8-11H,1H3,(H,33,34). The summed E-state index contributed by atoms with van der Waals surface area (Å²) in [5, 5.41) is 8.62. The molecule has 0 bridgehead atoms. The van der Waals surface area contributed by atoms with Crippen LogP contribution in [-0.2, 0) is 17.1 Å². The third-order valence-electron chi connectivity index (χ3n) is 4.70. The number of carboxylic acids is 1. The normalized spacial score (nSPS) is 11.5. The van der Waals surface area contributed by atoms with Crippen LogP contribution in [0, 0.1) is 17.8 Å². The Kier molecular flexibility index (Phi) is 7.06. The number of hydrogen-bond donors (Lipinski definition) is 1. The van der Waals surface area contributed by atoms with E-state index >= 15 is 0 Å². The van der Waals surface area contributed by atoms with Crippen molar-refractivity contribution in [1.82, 2.24) is 9.13 Å². The number of carbonyl (C=O) groups excluding carboxylic acids is 1. The molecule has 37 heavy (non-hydrogen) atoms. The first-order chi connectivity index (χ1) is 17.1. The maximum atomic E-state index is 13.9. The lowest BCUT2D eigenvalue weighted by molar-refractivity contribution is -0.143. The molecule has 0 aliphatic rings.